The molecule has 26 heavy (non-hydrogen) atoms. The lowest BCUT2D eigenvalue weighted by Gasteiger charge is -2.28. The Hall–Kier alpha value is -3.14. The van der Waals surface area contributed by atoms with E-state index in [1.165, 1.54) is 5.56 Å². The van der Waals surface area contributed by atoms with Gasteiger partial charge < -0.3 is 5.11 Å². The molecule has 4 heteroatoms. The van der Waals surface area contributed by atoms with Crippen LogP contribution in [0.4, 0.5) is 0 Å². The molecular formula is C22H21N3O. The second-order valence-corrected chi connectivity index (χ2v) is 7.20. The highest BCUT2D eigenvalue weighted by molar-refractivity contribution is 6.04. The normalized spacial score (nSPS) is 15.7. The highest BCUT2D eigenvalue weighted by Crippen LogP contribution is 2.27. The largest absolute Gasteiger partial charge is 0.507 e. The number of phenolic OH excluding ortho intramolecular Hbond substituents is 1. The number of nitrogens with zero attached hydrogens (tertiary/aromatic N) is 2. The zero-order chi connectivity index (χ0) is 18.1. The Morgan fingerprint density at radius 1 is 1.04 bits per heavy atom. The molecule has 1 heterocycles. The molecule has 0 bridgehead atoms. The lowest BCUT2D eigenvalue weighted by Crippen LogP contribution is -2.34. The second kappa shape index (κ2) is 6.30. The summed E-state index contributed by atoms with van der Waals surface area (Å²) in [6.45, 7) is 4.23. The van der Waals surface area contributed by atoms with Gasteiger partial charge in [-0.15, -0.1) is 0 Å². The number of hydrogen-bond acceptors (Lipinski definition) is 4. The molecule has 0 aliphatic carbocycles. The lowest BCUT2D eigenvalue weighted by atomic mass is 9.89. The molecule has 3 aromatic rings. The van der Waals surface area contributed by atoms with Crippen LogP contribution < -0.4 is 5.43 Å². The van der Waals surface area contributed by atoms with Gasteiger partial charge in [-0.05, 0) is 42.7 Å². The van der Waals surface area contributed by atoms with Crippen molar-refractivity contribution < 1.29 is 5.11 Å². The maximum absolute atomic E-state index is 10.2. The minimum atomic E-state index is -0.173. The van der Waals surface area contributed by atoms with Crippen molar-refractivity contribution in [1.29, 1.82) is 0 Å². The van der Waals surface area contributed by atoms with Crippen LogP contribution >= 0.6 is 0 Å². The number of hydrazone groups is 1. The summed E-state index contributed by atoms with van der Waals surface area (Å²) < 4.78 is 0. The summed E-state index contributed by atoms with van der Waals surface area (Å²) in [6, 6.07) is 19.8. The van der Waals surface area contributed by atoms with Crippen molar-refractivity contribution in [3.8, 4) is 5.75 Å². The smallest absolute Gasteiger partial charge is 0.149 e. The SMILES string of the molecule is CC1(C)Cc2ccccc2C(NN=Cc2c(O)ccc3ccccc23)=N1. The molecule has 0 amide bonds. The fourth-order valence-corrected chi connectivity index (χ4v) is 3.44. The van der Waals surface area contributed by atoms with Gasteiger partial charge in [0.15, 0.2) is 0 Å². The Morgan fingerprint density at radius 2 is 1.81 bits per heavy atom. The summed E-state index contributed by atoms with van der Waals surface area (Å²) in [5.41, 5.74) is 5.94. The number of phenols is 1. The Balaban J connectivity index is 1.67. The highest BCUT2D eigenvalue weighted by Gasteiger charge is 2.26. The maximum Gasteiger partial charge on any atom is 0.149 e. The number of aliphatic imine (C=N–C) groups is 1. The highest BCUT2D eigenvalue weighted by atomic mass is 16.3. The van der Waals surface area contributed by atoms with Crippen LogP contribution in [0.1, 0.15) is 30.5 Å². The van der Waals surface area contributed by atoms with E-state index in [1.807, 2.05) is 36.4 Å². The van der Waals surface area contributed by atoms with Gasteiger partial charge in [0, 0.05) is 11.1 Å². The van der Waals surface area contributed by atoms with E-state index >= 15 is 0 Å². The van der Waals surface area contributed by atoms with E-state index in [4.69, 9.17) is 4.99 Å². The van der Waals surface area contributed by atoms with E-state index in [1.54, 1.807) is 12.3 Å². The molecule has 0 spiro atoms. The summed E-state index contributed by atoms with van der Waals surface area (Å²) in [4.78, 5) is 4.80. The van der Waals surface area contributed by atoms with Crippen LogP contribution in [0.25, 0.3) is 10.8 Å². The number of aromatic hydroxyl groups is 1. The predicted molar refractivity (Wildman–Crippen MR) is 107 cm³/mol. The summed E-state index contributed by atoms with van der Waals surface area (Å²) in [6.07, 6.45) is 2.56. The van der Waals surface area contributed by atoms with Crippen molar-refractivity contribution >= 4 is 22.8 Å². The van der Waals surface area contributed by atoms with Gasteiger partial charge in [0.1, 0.15) is 11.6 Å². The van der Waals surface area contributed by atoms with Crippen molar-refractivity contribution in [3.05, 3.63) is 77.4 Å². The number of rotatable bonds is 2. The van der Waals surface area contributed by atoms with Gasteiger partial charge in [-0.1, -0.05) is 54.6 Å². The van der Waals surface area contributed by atoms with Gasteiger partial charge >= 0.3 is 0 Å². The van der Waals surface area contributed by atoms with Gasteiger partial charge in [-0.3, -0.25) is 10.4 Å². The average Bonchev–Trinajstić information content (AvgIpc) is 2.62. The Morgan fingerprint density at radius 3 is 2.69 bits per heavy atom. The third kappa shape index (κ3) is 3.06. The first-order chi connectivity index (χ1) is 12.5. The minimum Gasteiger partial charge on any atom is -0.507 e. The Bertz CT molecular complexity index is 1030. The summed E-state index contributed by atoms with van der Waals surface area (Å²) in [7, 11) is 0. The third-order valence-electron chi connectivity index (χ3n) is 4.62. The number of benzene rings is 3. The van der Waals surface area contributed by atoms with Crippen LogP contribution in [0.5, 0.6) is 5.75 Å². The molecule has 2 N–H and O–H groups in total. The van der Waals surface area contributed by atoms with Crippen molar-refractivity contribution in [2.75, 3.05) is 0 Å². The standard InChI is InChI=1S/C22H21N3O/c1-22(2)13-16-8-4-6-10-18(16)21(24-22)25-23-14-19-17-9-5-3-7-15(17)11-12-20(19)26/h3-12,14,26H,13H2,1-2H3,(H,24,25). The quantitative estimate of drug-likeness (QED) is 0.540. The monoisotopic (exact) mass is 343 g/mol. The third-order valence-corrected chi connectivity index (χ3v) is 4.62. The van der Waals surface area contributed by atoms with Gasteiger partial charge in [-0.25, -0.2) is 0 Å². The van der Waals surface area contributed by atoms with Crippen molar-refractivity contribution in [1.82, 2.24) is 5.43 Å². The van der Waals surface area contributed by atoms with E-state index < -0.39 is 0 Å². The molecule has 0 atom stereocenters. The molecule has 3 aromatic carbocycles. The fourth-order valence-electron chi connectivity index (χ4n) is 3.44. The topological polar surface area (TPSA) is 57.0 Å². The zero-order valence-electron chi connectivity index (χ0n) is 14.9. The van der Waals surface area contributed by atoms with Gasteiger partial charge in [0.2, 0.25) is 0 Å². The van der Waals surface area contributed by atoms with Gasteiger partial charge in [0.05, 0.1) is 11.8 Å². The van der Waals surface area contributed by atoms with E-state index in [-0.39, 0.29) is 11.3 Å². The number of hydrogen-bond donors (Lipinski definition) is 2. The van der Waals surface area contributed by atoms with E-state index in [0.717, 1.165) is 28.6 Å². The molecule has 0 saturated heterocycles. The van der Waals surface area contributed by atoms with Crippen LogP contribution in [0.3, 0.4) is 0 Å². The molecule has 1 aliphatic heterocycles. The Labute approximate surface area is 152 Å². The van der Waals surface area contributed by atoms with Crippen molar-refractivity contribution in [3.63, 3.8) is 0 Å². The zero-order valence-corrected chi connectivity index (χ0v) is 14.9. The molecule has 0 fully saturated rings. The van der Waals surface area contributed by atoms with Crippen LogP contribution in [0.2, 0.25) is 0 Å². The molecule has 130 valence electrons. The van der Waals surface area contributed by atoms with Crippen molar-refractivity contribution in [2.45, 2.75) is 25.8 Å². The molecule has 4 rings (SSSR count). The minimum absolute atomic E-state index is 0.173. The molecular weight excluding hydrogens is 322 g/mol. The second-order valence-electron chi connectivity index (χ2n) is 7.20. The summed E-state index contributed by atoms with van der Waals surface area (Å²) in [5, 5.41) is 16.6. The summed E-state index contributed by atoms with van der Waals surface area (Å²) in [5.74, 6) is 0.966. The number of nitrogens with one attached hydrogen (secondary N) is 1. The first-order valence-electron chi connectivity index (χ1n) is 8.71. The van der Waals surface area contributed by atoms with E-state index in [2.05, 4.69) is 42.6 Å². The van der Waals surface area contributed by atoms with Crippen LogP contribution in [0.15, 0.2) is 70.8 Å². The van der Waals surface area contributed by atoms with E-state index in [0.29, 0.717) is 5.56 Å². The Kier molecular flexibility index (Phi) is 3.96. The number of amidine groups is 1. The van der Waals surface area contributed by atoms with Gasteiger partial charge in [-0.2, -0.15) is 5.10 Å². The molecule has 0 unspecified atom stereocenters. The molecule has 4 nitrogen and oxygen atoms in total. The average molecular weight is 343 g/mol. The first kappa shape index (κ1) is 16.3. The van der Waals surface area contributed by atoms with Crippen LogP contribution in [-0.2, 0) is 6.42 Å². The number of fused-ring (bicyclic) bond motifs is 2. The first-order valence-corrected chi connectivity index (χ1v) is 8.71. The molecule has 0 aromatic heterocycles. The van der Waals surface area contributed by atoms with Crippen molar-refractivity contribution in [2.24, 2.45) is 10.1 Å². The lowest BCUT2D eigenvalue weighted by molar-refractivity contribution is 0.475. The molecule has 1 aliphatic rings. The summed E-state index contributed by atoms with van der Waals surface area (Å²) >= 11 is 0. The van der Waals surface area contributed by atoms with Gasteiger partial charge in [0.25, 0.3) is 0 Å². The van der Waals surface area contributed by atoms with E-state index in [9.17, 15) is 5.11 Å². The fraction of sp³-hybridized carbons (Fsp3) is 0.182. The van der Waals surface area contributed by atoms with Crippen LogP contribution in [-0.4, -0.2) is 22.7 Å². The predicted octanol–water partition coefficient (Wildman–Crippen LogP) is 4.25. The maximum atomic E-state index is 10.2. The van der Waals surface area contributed by atoms with Crippen LogP contribution in [0, 0.1) is 0 Å². The molecule has 0 radical (unpaired) electrons. The molecule has 0 saturated carbocycles.